The van der Waals surface area contributed by atoms with E-state index in [9.17, 15) is 8.42 Å². The molecule has 0 saturated carbocycles. The van der Waals surface area contributed by atoms with Gasteiger partial charge in [0.25, 0.3) is 0 Å². The minimum Gasteiger partial charge on any atom is -0.332 e. The number of pyridine rings is 1. The number of sulfonamides is 1. The first kappa shape index (κ1) is 20.8. The molecular weight excluding hydrogens is 394 g/mol. The molecule has 0 aliphatic carbocycles. The summed E-state index contributed by atoms with van der Waals surface area (Å²) in [4.78, 5) is 4.88. The van der Waals surface area contributed by atoms with Gasteiger partial charge in [-0.2, -0.15) is 4.31 Å². The van der Waals surface area contributed by atoms with E-state index in [0.29, 0.717) is 24.4 Å². The Morgan fingerprint density at radius 2 is 1.83 bits per heavy atom. The van der Waals surface area contributed by atoms with Crippen LogP contribution < -0.4 is 0 Å². The van der Waals surface area contributed by atoms with Crippen molar-refractivity contribution < 1.29 is 8.42 Å². The molecule has 0 spiro atoms. The minimum absolute atomic E-state index is 0.00240. The van der Waals surface area contributed by atoms with E-state index in [0.717, 1.165) is 28.7 Å². The number of nitrogens with zero attached hydrogens (tertiary/aromatic N) is 3. The molecule has 30 heavy (non-hydrogen) atoms. The smallest absolute Gasteiger partial charge is 0.243 e. The van der Waals surface area contributed by atoms with Crippen LogP contribution in [0.1, 0.15) is 45.2 Å². The van der Waals surface area contributed by atoms with Gasteiger partial charge in [0.15, 0.2) is 0 Å². The average molecular weight is 424 g/mol. The molecule has 0 fully saturated rings. The van der Waals surface area contributed by atoms with Crippen molar-refractivity contribution in [2.75, 3.05) is 13.1 Å². The lowest BCUT2D eigenvalue weighted by Crippen LogP contribution is -2.34. The lowest BCUT2D eigenvalue weighted by Gasteiger charge is -2.26. The van der Waals surface area contributed by atoms with Gasteiger partial charge in [0.05, 0.1) is 4.90 Å². The topological polar surface area (TPSA) is 55.2 Å². The van der Waals surface area contributed by atoms with E-state index in [1.165, 1.54) is 5.57 Å². The molecule has 2 aromatic heterocycles. The van der Waals surface area contributed by atoms with Crippen molar-refractivity contribution in [2.24, 2.45) is 0 Å². The highest BCUT2D eigenvalue weighted by molar-refractivity contribution is 7.89. The molecule has 0 unspecified atom stereocenters. The van der Waals surface area contributed by atoms with E-state index in [4.69, 9.17) is 0 Å². The van der Waals surface area contributed by atoms with Gasteiger partial charge in [-0.15, -0.1) is 0 Å². The first-order valence-corrected chi connectivity index (χ1v) is 11.9. The van der Waals surface area contributed by atoms with Gasteiger partial charge >= 0.3 is 0 Å². The summed E-state index contributed by atoms with van der Waals surface area (Å²) in [5.74, 6) is 0. The zero-order valence-corrected chi connectivity index (χ0v) is 18.9. The van der Waals surface area contributed by atoms with Crippen molar-refractivity contribution in [1.82, 2.24) is 13.9 Å². The van der Waals surface area contributed by atoms with Crippen LogP contribution in [0.2, 0.25) is 0 Å². The quantitative estimate of drug-likeness (QED) is 0.604. The number of fused-ring (bicyclic) bond motifs is 1. The summed E-state index contributed by atoms with van der Waals surface area (Å²) in [5, 5.41) is 1.12. The van der Waals surface area contributed by atoms with Gasteiger partial charge in [-0.3, -0.25) is 0 Å². The van der Waals surface area contributed by atoms with Gasteiger partial charge in [-0.1, -0.05) is 39.0 Å². The SMILES string of the molecule is CCn1cc(C2=CCN(S(=O)(=O)c3ccc(C(C)(C)C)cc3)CC2)c2cccnc21. The molecule has 158 valence electrons. The normalized spacial score (nSPS) is 16.1. The van der Waals surface area contributed by atoms with Crippen molar-refractivity contribution in [3.05, 3.63) is 66.0 Å². The van der Waals surface area contributed by atoms with Gasteiger partial charge in [0, 0.05) is 43.0 Å². The summed E-state index contributed by atoms with van der Waals surface area (Å²) in [5.41, 5.74) is 4.45. The second kappa shape index (κ2) is 7.67. The summed E-state index contributed by atoms with van der Waals surface area (Å²) in [7, 11) is -3.50. The predicted molar refractivity (Wildman–Crippen MR) is 122 cm³/mol. The molecule has 6 heteroatoms. The lowest BCUT2D eigenvalue weighted by molar-refractivity contribution is 0.441. The Labute approximate surface area is 179 Å². The lowest BCUT2D eigenvalue weighted by atomic mass is 9.87. The summed E-state index contributed by atoms with van der Waals surface area (Å²) in [6.07, 6.45) is 6.69. The molecule has 3 aromatic rings. The monoisotopic (exact) mass is 423 g/mol. The second-order valence-corrected chi connectivity index (χ2v) is 10.8. The highest BCUT2D eigenvalue weighted by Gasteiger charge is 2.27. The van der Waals surface area contributed by atoms with Crippen LogP contribution in [0.4, 0.5) is 0 Å². The van der Waals surface area contributed by atoms with Crippen molar-refractivity contribution in [1.29, 1.82) is 0 Å². The van der Waals surface area contributed by atoms with Crippen LogP contribution in [0.25, 0.3) is 16.6 Å². The van der Waals surface area contributed by atoms with Crippen LogP contribution in [0.3, 0.4) is 0 Å². The highest BCUT2D eigenvalue weighted by Crippen LogP contribution is 2.32. The van der Waals surface area contributed by atoms with E-state index in [1.807, 2.05) is 30.5 Å². The largest absolute Gasteiger partial charge is 0.332 e. The fourth-order valence-electron chi connectivity index (χ4n) is 4.01. The van der Waals surface area contributed by atoms with E-state index in [2.05, 4.69) is 49.5 Å². The van der Waals surface area contributed by atoms with E-state index in [1.54, 1.807) is 16.4 Å². The Morgan fingerprint density at radius 1 is 1.10 bits per heavy atom. The molecule has 0 bridgehead atoms. The molecule has 1 aliphatic rings. The van der Waals surface area contributed by atoms with Crippen LogP contribution in [0, 0.1) is 0 Å². The first-order chi connectivity index (χ1) is 14.2. The summed E-state index contributed by atoms with van der Waals surface area (Å²) < 4.78 is 30.0. The fourth-order valence-corrected chi connectivity index (χ4v) is 5.39. The molecular formula is C24H29N3O2S. The third kappa shape index (κ3) is 3.70. The third-order valence-electron chi connectivity index (χ3n) is 5.85. The molecule has 0 N–H and O–H groups in total. The zero-order valence-electron chi connectivity index (χ0n) is 18.1. The highest BCUT2D eigenvalue weighted by atomic mass is 32.2. The molecule has 1 aromatic carbocycles. The first-order valence-electron chi connectivity index (χ1n) is 10.5. The van der Waals surface area contributed by atoms with Gasteiger partial charge in [0.1, 0.15) is 5.65 Å². The standard InChI is InChI=1S/C24H29N3O2S/c1-5-26-17-22(21-7-6-14-25-23(21)26)18-12-15-27(16-13-18)30(28,29)20-10-8-19(9-11-20)24(2,3)4/h6-12,14,17H,5,13,15-16H2,1-4H3. The van der Waals surface area contributed by atoms with Crippen molar-refractivity contribution in [3.63, 3.8) is 0 Å². The third-order valence-corrected chi connectivity index (χ3v) is 7.73. The van der Waals surface area contributed by atoms with Crippen LogP contribution in [-0.4, -0.2) is 35.4 Å². The molecule has 1 aliphatic heterocycles. The maximum atomic E-state index is 13.1. The number of benzene rings is 1. The molecule has 4 rings (SSSR count). The average Bonchev–Trinajstić information content (AvgIpc) is 3.12. The van der Waals surface area contributed by atoms with Gasteiger partial charge < -0.3 is 4.57 Å². The minimum atomic E-state index is -3.50. The molecule has 0 amide bonds. The number of aryl methyl sites for hydroxylation is 1. The van der Waals surface area contributed by atoms with Crippen molar-refractivity contribution in [3.8, 4) is 0 Å². The van der Waals surface area contributed by atoms with Crippen molar-refractivity contribution in [2.45, 2.75) is 51.0 Å². The molecule has 5 nitrogen and oxygen atoms in total. The fraction of sp³-hybridized carbons (Fsp3) is 0.375. The predicted octanol–water partition coefficient (Wildman–Crippen LogP) is 4.83. The van der Waals surface area contributed by atoms with E-state index < -0.39 is 10.0 Å². The Morgan fingerprint density at radius 3 is 2.43 bits per heavy atom. The number of aromatic nitrogens is 2. The summed E-state index contributed by atoms with van der Waals surface area (Å²) in [6, 6.07) is 11.3. The van der Waals surface area contributed by atoms with Gasteiger partial charge in [0.2, 0.25) is 10.0 Å². The number of rotatable bonds is 4. The van der Waals surface area contributed by atoms with Crippen LogP contribution in [0.5, 0.6) is 0 Å². The summed E-state index contributed by atoms with van der Waals surface area (Å²) >= 11 is 0. The van der Waals surface area contributed by atoms with Crippen LogP contribution in [0.15, 0.2) is 59.8 Å². The molecule has 0 radical (unpaired) electrons. The molecule has 3 heterocycles. The maximum Gasteiger partial charge on any atom is 0.243 e. The van der Waals surface area contributed by atoms with Crippen LogP contribution in [-0.2, 0) is 22.0 Å². The molecule has 0 saturated heterocycles. The van der Waals surface area contributed by atoms with Gasteiger partial charge in [-0.25, -0.2) is 13.4 Å². The number of hydrogen-bond acceptors (Lipinski definition) is 3. The summed E-state index contributed by atoms with van der Waals surface area (Å²) in [6.45, 7) is 10.2. The van der Waals surface area contributed by atoms with E-state index >= 15 is 0 Å². The Hall–Kier alpha value is -2.44. The Kier molecular flexibility index (Phi) is 5.32. The van der Waals surface area contributed by atoms with Crippen molar-refractivity contribution >= 4 is 26.6 Å². The Bertz CT molecular complexity index is 1200. The maximum absolute atomic E-state index is 13.1. The van der Waals surface area contributed by atoms with E-state index in [-0.39, 0.29) is 5.41 Å². The van der Waals surface area contributed by atoms with Crippen LogP contribution >= 0.6 is 0 Å². The molecule has 0 atom stereocenters. The number of hydrogen-bond donors (Lipinski definition) is 0. The van der Waals surface area contributed by atoms with Gasteiger partial charge in [-0.05, 0) is 54.2 Å². The zero-order chi connectivity index (χ0) is 21.5. The second-order valence-electron chi connectivity index (χ2n) is 8.82. The Balaban J connectivity index is 1.59.